The Hall–Kier alpha value is -1.64. The monoisotopic (exact) mass is 431 g/mol. The molecule has 120 valence electrons. The highest BCUT2D eigenvalue weighted by molar-refractivity contribution is 14.1. The van der Waals surface area contributed by atoms with Gasteiger partial charge in [-0.25, -0.2) is 4.98 Å². The summed E-state index contributed by atoms with van der Waals surface area (Å²) >= 11 is 2.03. The molecular weight excluding hydrogens is 418 g/mol. The Kier molecular flexibility index (Phi) is 4.56. The van der Waals surface area contributed by atoms with Crippen LogP contribution < -0.4 is 4.90 Å². The van der Waals surface area contributed by atoms with Gasteiger partial charge in [0.05, 0.1) is 3.57 Å². The van der Waals surface area contributed by atoms with Crippen LogP contribution in [0.2, 0.25) is 0 Å². The minimum absolute atomic E-state index is 0.389. The van der Waals surface area contributed by atoms with Crippen molar-refractivity contribution in [3.8, 4) is 0 Å². The maximum Gasteiger partial charge on any atom is 0.433 e. The topological polar surface area (TPSA) is 29.0 Å². The highest BCUT2D eigenvalue weighted by Gasteiger charge is 2.33. The van der Waals surface area contributed by atoms with Crippen LogP contribution in [0.1, 0.15) is 17.7 Å². The average molecular weight is 431 g/mol. The van der Waals surface area contributed by atoms with E-state index in [2.05, 4.69) is 16.0 Å². The van der Waals surface area contributed by atoms with Crippen molar-refractivity contribution < 1.29 is 13.2 Å². The van der Waals surface area contributed by atoms with E-state index in [9.17, 15) is 13.2 Å². The lowest BCUT2D eigenvalue weighted by atomic mass is 10.0. The standard InChI is InChI=1S/C16H13F3IN3/c17-16(18,19)14-4-3-13(20)15(22-14)23-9-1-2-12(10-23)11-5-7-21-8-6-11/h2-8H,1,9-10H2. The number of hydrogen-bond acceptors (Lipinski definition) is 3. The van der Waals surface area contributed by atoms with Crippen molar-refractivity contribution in [1.82, 2.24) is 9.97 Å². The fourth-order valence-corrected chi connectivity index (χ4v) is 3.15. The van der Waals surface area contributed by atoms with Gasteiger partial charge in [0.2, 0.25) is 0 Å². The maximum atomic E-state index is 12.9. The molecule has 3 rings (SSSR count). The van der Waals surface area contributed by atoms with Gasteiger partial charge in [0.15, 0.2) is 0 Å². The third-order valence-corrected chi connectivity index (χ3v) is 4.46. The Bertz CT molecular complexity index is 729. The molecule has 0 aliphatic carbocycles. The molecule has 2 aromatic rings. The second kappa shape index (κ2) is 6.46. The molecule has 0 saturated heterocycles. The summed E-state index contributed by atoms with van der Waals surface area (Å²) in [6, 6.07) is 6.30. The van der Waals surface area contributed by atoms with Gasteiger partial charge in [-0.05, 0) is 64.4 Å². The summed E-state index contributed by atoms with van der Waals surface area (Å²) in [5.74, 6) is 0.389. The molecule has 0 amide bonds. The normalized spacial score (nSPS) is 15.5. The van der Waals surface area contributed by atoms with Crippen LogP contribution in [0.25, 0.3) is 5.57 Å². The van der Waals surface area contributed by atoms with Crippen LogP contribution in [0.15, 0.2) is 42.7 Å². The molecule has 0 atom stereocenters. The van der Waals surface area contributed by atoms with Gasteiger partial charge in [0.1, 0.15) is 11.5 Å². The van der Waals surface area contributed by atoms with Crippen molar-refractivity contribution in [3.05, 3.63) is 57.6 Å². The van der Waals surface area contributed by atoms with Gasteiger partial charge in [-0.1, -0.05) is 6.08 Å². The summed E-state index contributed by atoms with van der Waals surface area (Å²) in [7, 11) is 0. The van der Waals surface area contributed by atoms with Crippen molar-refractivity contribution in [3.63, 3.8) is 0 Å². The molecule has 3 heterocycles. The third-order valence-electron chi connectivity index (χ3n) is 3.62. The van der Waals surface area contributed by atoms with Gasteiger partial charge in [-0.15, -0.1) is 0 Å². The molecule has 0 spiro atoms. The van der Waals surface area contributed by atoms with Gasteiger partial charge in [0, 0.05) is 25.5 Å². The highest BCUT2D eigenvalue weighted by atomic mass is 127. The van der Waals surface area contributed by atoms with Gasteiger partial charge in [-0.2, -0.15) is 13.2 Å². The molecule has 0 bridgehead atoms. The Morgan fingerprint density at radius 2 is 1.83 bits per heavy atom. The van der Waals surface area contributed by atoms with E-state index in [1.54, 1.807) is 12.4 Å². The van der Waals surface area contributed by atoms with E-state index >= 15 is 0 Å². The first-order valence-corrected chi connectivity index (χ1v) is 8.11. The molecule has 3 nitrogen and oxygen atoms in total. The zero-order valence-electron chi connectivity index (χ0n) is 12.0. The van der Waals surface area contributed by atoms with Gasteiger partial charge in [-0.3, -0.25) is 4.98 Å². The number of halogens is 4. The van der Waals surface area contributed by atoms with E-state index in [1.165, 1.54) is 6.07 Å². The molecule has 0 N–H and O–H groups in total. The van der Waals surface area contributed by atoms with Crippen LogP contribution >= 0.6 is 22.6 Å². The van der Waals surface area contributed by atoms with Crippen molar-refractivity contribution in [2.75, 3.05) is 18.0 Å². The molecule has 0 radical (unpaired) electrons. The van der Waals surface area contributed by atoms with Crippen LogP contribution in [0.5, 0.6) is 0 Å². The lowest BCUT2D eigenvalue weighted by Gasteiger charge is -2.29. The molecule has 0 unspecified atom stereocenters. The van der Waals surface area contributed by atoms with E-state index in [4.69, 9.17) is 0 Å². The summed E-state index contributed by atoms with van der Waals surface area (Å²) in [5, 5.41) is 0. The second-order valence-corrected chi connectivity index (χ2v) is 6.34. The second-order valence-electron chi connectivity index (χ2n) is 5.18. The Balaban J connectivity index is 1.90. The summed E-state index contributed by atoms with van der Waals surface area (Å²) in [6.07, 6.45) is 1.87. The average Bonchev–Trinajstić information content (AvgIpc) is 2.55. The van der Waals surface area contributed by atoms with Crippen molar-refractivity contribution in [2.24, 2.45) is 0 Å². The van der Waals surface area contributed by atoms with Crippen LogP contribution in [-0.4, -0.2) is 23.1 Å². The molecule has 23 heavy (non-hydrogen) atoms. The molecule has 0 saturated carbocycles. The van der Waals surface area contributed by atoms with Crippen LogP contribution in [0, 0.1) is 3.57 Å². The largest absolute Gasteiger partial charge is 0.433 e. The molecule has 7 heteroatoms. The number of pyridine rings is 2. The number of alkyl halides is 3. The fraction of sp³-hybridized carbons (Fsp3) is 0.250. The maximum absolute atomic E-state index is 12.9. The van der Waals surface area contributed by atoms with Gasteiger partial charge >= 0.3 is 6.18 Å². The van der Waals surface area contributed by atoms with Crippen LogP contribution in [0.4, 0.5) is 19.0 Å². The number of nitrogens with zero attached hydrogens (tertiary/aromatic N) is 3. The van der Waals surface area contributed by atoms with E-state index in [0.717, 1.165) is 23.6 Å². The highest BCUT2D eigenvalue weighted by Crippen LogP contribution is 2.32. The summed E-state index contributed by atoms with van der Waals surface area (Å²) < 4.78 is 39.4. The predicted molar refractivity (Wildman–Crippen MR) is 91.0 cm³/mol. The van der Waals surface area contributed by atoms with Crippen molar-refractivity contribution in [1.29, 1.82) is 0 Å². The fourth-order valence-electron chi connectivity index (χ4n) is 2.51. The minimum Gasteiger partial charge on any atom is -0.351 e. The molecular formula is C16H13F3IN3. The van der Waals surface area contributed by atoms with Crippen molar-refractivity contribution >= 4 is 34.0 Å². The summed E-state index contributed by atoms with van der Waals surface area (Å²) in [6.45, 7) is 1.19. The smallest absolute Gasteiger partial charge is 0.351 e. The first kappa shape index (κ1) is 16.2. The van der Waals surface area contributed by atoms with E-state index < -0.39 is 11.9 Å². The molecule has 0 fully saturated rings. The number of rotatable bonds is 2. The Labute approximate surface area is 145 Å². The summed E-state index contributed by atoms with van der Waals surface area (Å²) in [5.41, 5.74) is 1.26. The Morgan fingerprint density at radius 1 is 1.09 bits per heavy atom. The quantitative estimate of drug-likeness (QED) is 0.661. The van der Waals surface area contributed by atoms with E-state index in [0.29, 0.717) is 22.5 Å². The van der Waals surface area contributed by atoms with Crippen molar-refractivity contribution in [2.45, 2.75) is 12.6 Å². The van der Waals surface area contributed by atoms with Crippen LogP contribution in [0.3, 0.4) is 0 Å². The lowest BCUT2D eigenvalue weighted by Crippen LogP contribution is -2.31. The van der Waals surface area contributed by atoms with Gasteiger partial charge in [0.25, 0.3) is 0 Å². The zero-order valence-corrected chi connectivity index (χ0v) is 14.2. The molecule has 0 aromatic carbocycles. The SMILES string of the molecule is FC(F)(F)c1ccc(I)c(N2CCC=C(c3ccncc3)C2)n1. The molecule has 1 aliphatic heterocycles. The first-order chi connectivity index (χ1) is 10.9. The minimum atomic E-state index is -4.43. The number of anilines is 1. The van der Waals surface area contributed by atoms with E-state index in [-0.39, 0.29) is 0 Å². The summed E-state index contributed by atoms with van der Waals surface area (Å²) in [4.78, 5) is 9.74. The lowest BCUT2D eigenvalue weighted by molar-refractivity contribution is -0.141. The number of hydrogen-bond donors (Lipinski definition) is 0. The molecule has 2 aromatic heterocycles. The van der Waals surface area contributed by atoms with E-state index in [1.807, 2.05) is 39.6 Å². The van der Waals surface area contributed by atoms with Gasteiger partial charge < -0.3 is 4.90 Å². The molecule has 1 aliphatic rings. The predicted octanol–water partition coefficient (Wildman–Crippen LogP) is 4.39. The van der Waals surface area contributed by atoms with Crippen LogP contribution in [-0.2, 0) is 6.18 Å². The Morgan fingerprint density at radius 3 is 2.52 bits per heavy atom. The number of aromatic nitrogens is 2. The zero-order chi connectivity index (χ0) is 16.4. The first-order valence-electron chi connectivity index (χ1n) is 7.03. The third kappa shape index (κ3) is 3.65.